The molecule has 1 saturated heterocycles. The highest BCUT2D eigenvalue weighted by molar-refractivity contribution is 8.01. The zero-order valence-electron chi connectivity index (χ0n) is 24.1. The molecule has 5 rings (SSSR count). The number of carbonyl (C=O) groups excluding carboxylic acids is 2. The Morgan fingerprint density at radius 2 is 1.57 bits per heavy atom. The number of amides is 1. The van der Waals surface area contributed by atoms with Gasteiger partial charge in [-0.25, -0.2) is 0 Å². The highest BCUT2D eigenvalue weighted by Crippen LogP contribution is 2.33. The number of hydrogen-bond acceptors (Lipinski definition) is 10. The Morgan fingerprint density at radius 3 is 2.11 bits per heavy atom. The summed E-state index contributed by atoms with van der Waals surface area (Å²) < 4.78 is 5.43. The minimum Gasteiger partial charge on any atom is -0.550 e. The molecule has 4 heterocycles. The first-order chi connectivity index (χ1) is 21.4. The van der Waals surface area contributed by atoms with E-state index in [1.807, 2.05) is 72.8 Å². The van der Waals surface area contributed by atoms with Gasteiger partial charge in [-0.05, 0) is 73.0 Å². The van der Waals surface area contributed by atoms with Crippen LogP contribution in [0.2, 0.25) is 0 Å². The first-order valence-corrected chi connectivity index (χ1v) is 15.3. The molecule has 0 aliphatic carbocycles. The SMILES string of the molecule is O=C([O-])C[C@@H]1CC[C@H](Sc2ccc(NC(=O)Cc3ccc(CN(Cc4ccccn4)Cc4ccccn4)nc3)cc2)B(O)O1. The van der Waals surface area contributed by atoms with Crippen molar-refractivity contribution in [2.75, 3.05) is 5.32 Å². The molecular formula is C32H33BN5O5S-. The average Bonchev–Trinajstić information content (AvgIpc) is 3.01. The second kappa shape index (κ2) is 15.6. The van der Waals surface area contributed by atoms with Crippen LogP contribution >= 0.6 is 11.8 Å². The average molecular weight is 611 g/mol. The van der Waals surface area contributed by atoms with Crippen LogP contribution in [0.5, 0.6) is 0 Å². The van der Waals surface area contributed by atoms with Crippen molar-refractivity contribution in [3.8, 4) is 0 Å². The second-order valence-electron chi connectivity index (χ2n) is 10.7. The molecule has 2 atom stereocenters. The minimum absolute atomic E-state index is 0.151. The topological polar surface area (TPSA) is 141 Å². The lowest BCUT2D eigenvalue weighted by Crippen LogP contribution is -2.43. The molecule has 1 aliphatic rings. The van der Waals surface area contributed by atoms with Crippen molar-refractivity contribution in [3.05, 3.63) is 114 Å². The summed E-state index contributed by atoms with van der Waals surface area (Å²) in [6.45, 7) is 1.91. The van der Waals surface area contributed by atoms with Gasteiger partial charge in [0.05, 0.1) is 23.5 Å². The molecule has 3 aromatic heterocycles. The molecule has 1 aromatic carbocycles. The molecular weight excluding hydrogens is 577 g/mol. The quantitative estimate of drug-likeness (QED) is 0.217. The highest BCUT2D eigenvalue weighted by atomic mass is 32.2. The van der Waals surface area contributed by atoms with Crippen molar-refractivity contribution in [1.82, 2.24) is 19.9 Å². The number of anilines is 1. The van der Waals surface area contributed by atoms with E-state index in [9.17, 15) is 19.7 Å². The van der Waals surface area contributed by atoms with E-state index in [0.717, 1.165) is 27.5 Å². The molecule has 0 bridgehead atoms. The summed E-state index contributed by atoms with van der Waals surface area (Å²) in [4.78, 5) is 40.2. The maximum Gasteiger partial charge on any atom is 0.468 e. The van der Waals surface area contributed by atoms with Gasteiger partial charge in [0.25, 0.3) is 0 Å². The van der Waals surface area contributed by atoms with Gasteiger partial charge in [0.1, 0.15) is 0 Å². The van der Waals surface area contributed by atoms with E-state index in [1.54, 1.807) is 18.6 Å². The maximum absolute atomic E-state index is 12.7. The monoisotopic (exact) mass is 610 g/mol. The van der Waals surface area contributed by atoms with Crippen molar-refractivity contribution >= 4 is 36.4 Å². The predicted molar refractivity (Wildman–Crippen MR) is 166 cm³/mol. The molecule has 44 heavy (non-hydrogen) atoms. The van der Waals surface area contributed by atoms with E-state index in [1.165, 1.54) is 11.8 Å². The van der Waals surface area contributed by atoms with Crippen LogP contribution in [0.1, 0.15) is 41.9 Å². The molecule has 0 unspecified atom stereocenters. The summed E-state index contributed by atoms with van der Waals surface area (Å²) in [5, 5.41) is 23.8. The second-order valence-corrected chi connectivity index (χ2v) is 12.0. The molecule has 12 heteroatoms. The molecule has 4 aromatic rings. The number of aliphatic carboxylic acids is 1. The smallest absolute Gasteiger partial charge is 0.468 e. The predicted octanol–water partition coefficient (Wildman–Crippen LogP) is 3.05. The summed E-state index contributed by atoms with van der Waals surface area (Å²) in [6.07, 6.45) is 5.93. The van der Waals surface area contributed by atoms with Crippen LogP contribution in [-0.2, 0) is 40.3 Å². The Balaban J connectivity index is 1.11. The lowest BCUT2D eigenvalue weighted by atomic mass is 9.77. The van der Waals surface area contributed by atoms with Crippen LogP contribution in [0.4, 0.5) is 5.69 Å². The van der Waals surface area contributed by atoms with Crippen LogP contribution in [0, 0.1) is 0 Å². The molecule has 1 aliphatic heterocycles. The van der Waals surface area contributed by atoms with E-state index in [-0.39, 0.29) is 23.9 Å². The van der Waals surface area contributed by atoms with Gasteiger partial charge in [-0.3, -0.25) is 24.6 Å². The van der Waals surface area contributed by atoms with Crippen molar-refractivity contribution in [2.45, 2.75) is 61.5 Å². The van der Waals surface area contributed by atoms with E-state index in [4.69, 9.17) is 4.65 Å². The van der Waals surface area contributed by atoms with E-state index in [2.05, 4.69) is 25.2 Å². The molecule has 1 fully saturated rings. The number of carbonyl (C=O) groups is 2. The van der Waals surface area contributed by atoms with Crippen LogP contribution < -0.4 is 10.4 Å². The summed E-state index contributed by atoms with van der Waals surface area (Å²) in [5.74, 6) is -1.34. The summed E-state index contributed by atoms with van der Waals surface area (Å²) in [6, 6.07) is 23.0. The molecule has 0 radical (unpaired) electrons. The Morgan fingerprint density at radius 1 is 0.909 bits per heavy atom. The van der Waals surface area contributed by atoms with Gasteiger partial charge in [0.2, 0.25) is 5.91 Å². The molecule has 0 spiro atoms. The number of aromatic nitrogens is 3. The standard InChI is InChI=1S/C32H34BN5O5S/c39-31(37-24-9-12-29(13-10-24)44-30-14-11-28(18-32(40)41)43-33(30)42)17-23-7-8-27(36-19-23)22-38(20-25-5-1-3-15-34-25)21-26-6-2-4-16-35-26/h1-10,12-13,15-16,19,28,30,42H,11,14,17-18,20-22H2,(H,37,39)(H,40,41)/p-1/t28-,30-/m0/s1. The number of benzene rings is 1. The number of nitrogens with zero attached hydrogens (tertiary/aromatic N) is 4. The fourth-order valence-electron chi connectivity index (χ4n) is 4.97. The first-order valence-electron chi connectivity index (χ1n) is 14.5. The fourth-order valence-corrected chi connectivity index (χ4v) is 6.05. The Kier molecular flexibility index (Phi) is 11.1. The minimum atomic E-state index is -1.18. The van der Waals surface area contributed by atoms with Gasteiger partial charge < -0.3 is 24.9 Å². The zero-order chi connectivity index (χ0) is 30.7. The van der Waals surface area contributed by atoms with Gasteiger partial charge in [-0.1, -0.05) is 18.2 Å². The molecule has 0 saturated carbocycles. The third-order valence-electron chi connectivity index (χ3n) is 7.10. The Hall–Kier alpha value is -4.10. The van der Waals surface area contributed by atoms with Gasteiger partial charge in [0, 0.05) is 72.5 Å². The number of carboxylic acid groups (broad SMARTS) is 1. The lowest BCUT2D eigenvalue weighted by molar-refractivity contribution is -0.307. The number of rotatable bonds is 13. The number of carboxylic acids is 1. The number of hydrogen-bond donors (Lipinski definition) is 2. The molecule has 2 N–H and O–H groups in total. The van der Waals surface area contributed by atoms with Gasteiger partial charge in [-0.2, -0.15) is 0 Å². The fraction of sp³-hybridized carbons (Fsp3) is 0.281. The maximum atomic E-state index is 12.7. The van der Waals surface area contributed by atoms with E-state index in [0.29, 0.717) is 38.2 Å². The highest BCUT2D eigenvalue weighted by Gasteiger charge is 2.35. The van der Waals surface area contributed by atoms with Gasteiger partial charge >= 0.3 is 7.12 Å². The van der Waals surface area contributed by atoms with Crippen LogP contribution in [-0.4, -0.2) is 55.1 Å². The van der Waals surface area contributed by atoms with Gasteiger partial charge in [-0.15, -0.1) is 11.8 Å². The molecule has 1 amide bonds. The van der Waals surface area contributed by atoms with E-state index < -0.39 is 19.2 Å². The van der Waals surface area contributed by atoms with E-state index >= 15 is 0 Å². The summed E-state index contributed by atoms with van der Waals surface area (Å²) >= 11 is 1.46. The van der Waals surface area contributed by atoms with Crippen molar-refractivity contribution in [1.29, 1.82) is 0 Å². The largest absolute Gasteiger partial charge is 0.550 e. The lowest BCUT2D eigenvalue weighted by Gasteiger charge is -2.31. The van der Waals surface area contributed by atoms with Crippen LogP contribution in [0.15, 0.2) is 96.3 Å². The third kappa shape index (κ3) is 9.71. The Bertz CT molecular complexity index is 1460. The van der Waals surface area contributed by atoms with Crippen molar-refractivity contribution in [3.63, 3.8) is 0 Å². The summed E-state index contributed by atoms with van der Waals surface area (Å²) in [5.41, 5.74) is 4.29. The first kappa shape index (κ1) is 31.3. The van der Waals surface area contributed by atoms with Crippen molar-refractivity contribution < 1.29 is 24.4 Å². The number of thioether (sulfide) groups is 1. The summed E-state index contributed by atoms with van der Waals surface area (Å²) in [7, 11) is -1.05. The van der Waals surface area contributed by atoms with Crippen molar-refractivity contribution in [2.24, 2.45) is 0 Å². The zero-order valence-corrected chi connectivity index (χ0v) is 24.9. The third-order valence-corrected chi connectivity index (χ3v) is 8.42. The molecule has 226 valence electrons. The Labute approximate surface area is 261 Å². The van der Waals surface area contributed by atoms with Gasteiger partial charge in [0.15, 0.2) is 0 Å². The normalized spacial score (nSPS) is 16.5. The number of nitrogens with one attached hydrogen (secondary N) is 1. The van der Waals surface area contributed by atoms with Crippen LogP contribution in [0.3, 0.4) is 0 Å². The molecule has 10 nitrogen and oxygen atoms in total. The number of pyridine rings is 3. The van der Waals surface area contributed by atoms with Crippen LogP contribution in [0.25, 0.3) is 0 Å².